The van der Waals surface area contributed by atoms with E-state index in [-0.39, 0.29) is 28.7 Å². The molecule has 0 radical (unpaired) electrons. The van der Waals surface area contributed by atoms with E-state index in [4.69, 9.17) is 4.52 Å². The summed E-state index contributed by atoms with van der Waals surface area (Å²) in [7, 11) is -3.68. The normalized spacial score (nSPS) is 19.5. The van der Waals surface area contributed by atoms with Crippen molar-refractivity contribution in [2.75, 3.05) is 18.0 Å². The van der Waals surface area contributed by atoms with Gasteiger partial charge in [0.1, 0.15) is 0 Å². The summed E-state index contributed by atoms with van der Waals surface area (Å²) in [5, 5.41) is 4.02. The number of benzene rings is 1. The Morgan fingerprint density at radius 1 is 1.20 bits per heavy atom. The number of aromatic nitrogens is 2. The second-order valence-corrected chi connectivity index (χ2v) is 12.9. The number of amides is 1. The average Bonchev–Trinajstić information content (AvgIpc) is 3.55. The zero-order chi connectivity index (χ0) is 24.9. The summed E-state index contributed by atoms with van der Waals surface area (Å²) in [5.74, 6) is 0.959. The third-order valence-electron chi connectivity index (χ3n) is 6.89. The highest BCUT2D eigenvalue weighted by molar-refractivity contribution is 7.89. The molecule has 1 fully saturated rings. The molecule has 0 bridgehead atoms. The summed E-state index contributed by atoms with van der Waals surface area (Å²) in [6, 6.07) is 9.80. The van der Waals surface area contributed by atoms with Crippen molar-refractivity contribution >= 4 is 33.0 Å². The molecule has 0 unspecified atom stereocenters. The van der Waals surface area contributed by atoms with Crippen LogP contribution in [0.3, 0.4) is 0 Å². The van der Waals surface area contributed by atoms with Gasteiger partial charge in [0.05, 0.1) is 9.77 Å². The highest BCUT2D eigenvalue weighted by Crippen LogP contribution is 2.37. The van der Waals surface area contributed by atoms with Crippen molar-refractivity contribution in [3.63, 3.8) is 0 Å². The molecule has 5 rings (SSSR count). The largest absolute Gasteiger partial charge is 0.339 e. The van der Waals surface area contributed by atoms with E-state index in [1.807, 2.05) is 36.9 Å². The Kier molecular flexibility index (Phi) is 6.31. The maximum Gasteiger partial charge on any atom is 0.244 e. The number of aryl methyl sites for hydroxylation is 1. The maximum absolute atomic E-state index is 13.5. The number of para-hydroxylation sites is 1. The fourth-order valence-electron chi connectivity index (χ4n) is 4.98. The number of thiophene rings is 1. The number of hydrogen-bond donors (Lipinski definition) is 0. The van der Waals surface area contributed by atoms with Crippen LogP contribution >= 0.6 is 11.3 Å². The molecule has 4 heterocycles. The molecule has 0 aliphatic carbocycles. The number of piperidine rings is 1. The van der Waals surface area contributed by atoms with Crippen molar-refractivity contribution in [2.45, 2.75) is 63.8 Å². The van der Waals surface area contributed by atoms with Gasteiger partial charge in [-0.1, -0.05) is 37.2 Å². The molecule has 2 aliphatic heterocycles. The lowest BCUT2D eigenvalue weighted by atomic mass is 9.96. The lowest BCUT2D eigenvalue weighted by Crippen LogP contribution is -2.46. The highest BCUT2D eigenvalue weighted by atomic mass is 32.2. The highest BCUT2D eigenvalue weighted by Gasteiger charge is 2.38. The summed E-state index contributed by atoms with van der Waals surface area (Å²) in [6.07, 6.45) is 1.89. The minimum absolute atomic E-state index is 0.0987. The molecular weight excluding hydrogens is 484 g/mol. The average molecular weight is 515 g/mol. The zero-order valence-electron chi connectivity index (χ0n) is 20.4. The van der Waals surface area contributed by atoms with Crippen LogP contribution in [0, 0.1) is 12.8 Å². The van der Waals surface area contributed by atoms with Gasteiger partial charge in [-0.05, 0) is 50.8 Å². The van der Waals surface area contributed by atoms with Crippen LogP contribution in [0.1, 0.15) is 55.9 Å². The van der Waals surface area contributed by atoms with Crippen LogP contribution in [-0.4, -0.2) is 47.9 Å². The molecule has 1 amide bonds. The van der Waals surface area contributed by atoms with E-state index in [0.717, 1.165) is 12.1 Å². The van der Waals surface area contributed by atoms with Crippen molar-refractivity contribution in [3.8, 4) is 10.7 Å². The van der Waals surface area contributed by atoms with E-state index >= 15 is 0 Å². The van der Waals surface area contributed by atoms with Crippen LogP contribution in [-0.2, 0) is 21.2 Å². The van der Waals surface area contributed by atoms with Gasteiger partial charge in [-0.15, -0.1) is 11.3 Å². The van der Waals surface area contributed by atoms with Gasteiger partial charge in [0, 0.05) is 41.5 Å². The minimum Gasteiger partial charge on any atom is -0.339 e. The molecule has 2 aliphatic rings. The quantitative estimate of drug-likeness (QED) is 0.493. The Morgan fingerprint density at radius 3 is 2.60 bits per heavy atom. The first-order valence-electron chi connectivity index (χ1n) is 12.0. The van der Waals surface area contributed by atoms with E-state index in [1.54, 1.807) is 13.0 Å². The van der Waals surface area contributed by atoms with Gasteiger partial charge in [0.25, 0.3) is 0 Å². The number of hydrogen-bond acceptors (Lipinski definition) is 7. The van der Waals surface area contributed by atoms with Crippen LogP contribution in [0.4, 0.5) is 5.69 Å². The van der Waals surface area contributed by atoms with Gasteiger partial charge in [-0.25, -0.2) is 8.42 Å². The standard InChI is InChI=1S/C25H30N4O4S2/c1-15(2)24-26-23(27-33-24)21-14-22(17(4)34-21)35(31,32)28-11-9-18(10-12-28)25(30)29-16(3)13-19-7-5-6-8-20(19)29/h5-8,14-16,18H,9-13H2,1-4H3/t16-/m0/s1. The topological polar surface area (TPSA) is 96.6 Å². The molecule has 1 atom stereocenters. The molecule has 0 N–H and O–H groups in total. The smallest absolute Gasteiger partial charge is 0.244 e. The second kappa shape index (κ2) is 9.15. The summed E-state index contributed by atoms with van der Waals surface area (Å²) < 4.78 is 33.8. The Labute approximate surface area is 210 Å². The fourth-order valence-corrected chi connectivity index (χ4v) is 7.94. The molecule has 35 heavy (non-hydrogen) atoms. The molecular formula is C25H30N4O4S2. The van der Waals surface area contributed by atoms with Crippen LogP contribution in [0.15, 0.2) is 39.8 Å². The Balaban J connectivity index is 1.29. The van der Waals surface area contributed by atoms with Crippen LogP contribution in [0.25, 0.3) is 10.7 Å². The third-order valence-corrected chi connectivity index (χ3v) is 10.1. The van der Waals surface area contributed by atoms with E-state index in [2.05, 4.69) is 23.1 Å². The van der Waals surface area contributed by atoms with E-state index in [0.29, 0.717) is 47.4 Å². The van der Waals surface area contributed by atoms with E-state index in [9.17, 15) is 13.2 Å². The summed E-state index contributed by atoms with van der Waals surface area (Å²) in [4.78, 5) is 21.4. The van der Waals surface area contributed by atoms with Gasteiger partial charge in [0.15, 0.2) is 0 Å². The lowest BCUT2D eigenvalue weighted by Gasteiger charge is -2.34. The monoisotopic (exact) mass is 514 g/mol. The number of nitrogens with zero attached hydrogens (tertiary/aromatic N) is 4. The van der Waals surface area contributed by atoms with Gasteiger partial charge >= 0.3 is 0 Å². The lowest BCUT2D eigenvalue weighted by molar-refractivity contribution is -0.123. The number of carbonyl (C=O) groups excluding carboxylic acids is 1. The molecule has 186 valence electrons. The molecule has 10 heteroatoms. The minimum atomic E-state index is -3.68. The Hall–Kier alpha value is -2.56. The molecule has 8 nitrogen and oxygen atoms in total. The summed E-state index contributed by atoms with van der Waals surface area (Å²) in [6.45, 7) is 8.45. The summed E-state index contributed by atoms with van der Waals surface area (Å²) >= 11 is 1.35. The molecule has 2 aromatic heterocycles. The fraction of sp³-hybridized carbons (Fsp3) is 0.480. The number of anilines is 1. The van der Waals surface area contributed by atoms with Crippen molar-refractivity contribution in [2.24, 2.45) is 5.92 Å². The van der Waals surface area contributed by atoms with Gasteiger partial charge in [0.2, 0.25) is 27.6 Å². The van der Waals surface area contributed by atoms with Gasteiger partial charge in [-0.2, -0.15) is 9.29 Å². The number of rotatable bonds is 5. The maximum atomic E-state index is 13.5. The van der Waals surface area contributed by atoms with Crippen molar-refractivity contribution in [3.05, 3.63) is 46.7 Å². The number of carbonyl (C=O) groups is 1. The van der Waals surface area contributed by atoms with Gasteiger partial charge < -0.3 is 9.42 Å². The number of fused-ring (bicyclic) bond motifs is 1. The van der Waals surface area contributed by atoms with E-state index in [1.165, 1.54) is 21.2 Å². The first-order valence-corrected chi connectivity index (χ1v) is 14.3. The number of sulfonamides is 1. The first kappa shape index (κ1) is 24.1. The molecule has 1 saturated heterocycles. The third kappa shape index (κ3) is 4.32. The van der Waals surface area contributed by atoms with Crippen molar-refractivity contribution < 1.29 is 17.7 Å². The second-order valence-electron chi connectivity index (χ2n) is 9.71. The van der Waals surface area contributed by atoms with Crippen molar-refractivity contribution in [1.82, 2.24) is 14.4 Å². The van der Waals surface area contributed by atoms with Crippen molar-refractivity contribution in [1.29, 1.82) is 0 Å². The Morgan fingerprint density at radius 2 is 1.91 bits per heavy atom. The molecule has 0 spiro atoms. The van der Waals surface area contributed by atoms with Crippen LogP contribution < -0.4 is 4.90 Å². The SMILES string of the molecule is Cc1sc(-c2noc(C(C)C)n2)cc1S(=O)(=O)N1CCC(C(=O)N2c3ccccc3C[C@@H]2C)CC1. The molecule has 1 aromatic carbocycles. The molecule has 0 saturated carbocycles. The summed E-state index contributed by atoms with van der Waals surface area (Å²) in [5.41, 5.74) is 2.18. The van der Waals surface area contributed by atoms with E-state index < -0.39 is 10.0 Å². The van der Waals surface area contributed by atoms with Crippen LogP contribution in [0.5, 0.6) is 0 Å². The zero-order valence-corrected chi connectivity index (χ0v) is 22.0. The first-order chi connectivity index (χ1) is 16.7. The Bertz CT molecular complexity index is 1350. The predicted molar refractivity (Wildman–Crippen MR) is 135 cm³/mol. The van der Waals surface area contributed by atoms with Gasteiger partial charge in [-0.3, -0.25) is 4.79 Å². The van der Waals surface area contributed by atoms with Crippen LogP contribution in [0.2, 0.25) is 0 Å². The molecule has 3 aromatic rings. The predicted octanol–water partition coefficient (Wildman–Crippen LogP) is 4.61.